The molecular weight excluding hydrogens is 228 g/mol. The number of nitrogens with one attached hydrogen (secondary N) is 1. The van der Waals surface area contributed by atoms with Crippen LogP contribution in [0.15, 0.2) is 18.2 Å². The second-order valence-electron chi connectivity index (χ2n) is 3.94. The van der Waals surface area contributed by atoms with E-state index in [1.54, 1.807) is 6.07 Å². The van der Waals surface area contributed by atoms with Crippen molar-refractivity contribution in [3.63, 3.8) is 0 Å². The fraction of sp³-hybridized carbons (Fsp3) is 0.357. The van der Waals surface area contributed by atoms with E-state index in [-0.39, 0.29) is 12.3 Å². The van der Waals surface area contributed by atoms with Crippen molar-refractivity contribution < 1.29 is 9.53 Å². The van der Waals surface area contributed by atoms with Gasteiger partial charge in [0.2, 0.25) is 5.91 Å². The van der Waals surface area contributed by atoms with Gasteiger partial charge in [0.15, 0.2) is 0 Å². The number of benzene rings is 1. The number of carbonyl (C=O) groups is 1. The highest BCUT2D eigenvalue weighted by molar-refractivity contribution is 5.96. The summed E-state index contributed by atoms with van der Waals surface area (Å²) in [4.78, 5) is 11.8. The van der Waals surface area contributed by atoms with Crippen LogP contribution in [0.4, 0.5) is 5.69 Å². The van der Waals surface area contributed by atoms with Crippen LogP contribution in [-0.4, -0.2) is 18.6 Å². The van der Waals surface area contributed by atoms with Crippen LogP contribution < -0.4 is 15.8 Å². The maximum absolute atomic E-state index is 11.8. The first-order valence-electron chi connectivity index (χ1n) is 5.81. The summed E-state index contributed by atoms with van der Waals surface area (Å²) >= 11 is 0. The Bertz CT molecular complexity index is 463. The van der Waals surface area contributed by atoms with Crippen molar-refractivity contribution in [2.75, 3.05) is 11.9 Å². The van der Waals surface area contributed by atoms with Gasteiger partial charge in [-0.2, -0.15) is 0 Å². The first kappa shape index (κ1) is 14.1. The Morgan fingerprint density at radius 1 is 1.61 bits per heavy atom. The molecule has 0 spiro atoms. The molecule has 0 saturated heterocycles. The zero-order valence-corrected chi connectivity index (χ0v) is 10.7. The summed E-state index contributed by atoms with van der Waals surface area (Å²) < 4.78 is 5.46. The van der Waals surface area contributed by atoms with Crippen LogP contribution in [0.1, 0.15) is 18.9 Å². The van der Waals surface area contributed by atoms with Gasteiger partial charge in [0.05, 0.1) is 18.3 Å². The van der Waals surface area contributed by atoms with Gasteiger partial charge in [-0.25, -0.2) is 0 Å². The third-order valence-corrected chi connectivity index (χ3v) is 2.37. The number of rotatable bonds is 5. The number of hydrogen-bond donors (Lipinski definition) is 2. The van der Waals surface area contributed by atoms with Crippen molar-refractivity contribution in [1.82, 2.24) is 0 Å². The van der Waals surface area contributed by atoms with Crippen LogP contribution >= 0.6 is 0 Å². The highest BCUT2D eigenvalue weighted by atomic mass is 16.5. The number of terminal acetylenes is 1. The normalized spacial score (nSPS) is 11.4. The summed E-state index contributed by atoms with van der Waals surface area (Å²) in [6, 6.07) is 4.85. The van der Waals surface area contributed by atoms with Gasteiger partial charge in [0, 0.05) is 6.42 Å². The molecule has 0 aliphatic carbocycles. The Morgan fingerprint density at radius 2 is 2.33 bits per heavy atom. The molecule has 3 N–H and O–H groups in total. The molecule has 1 atom stereocenters. The average molecular weight is 246 g/mol. The summed E-state index contributed by atoms with van der Waals surface area (Å²) in [5.74, 6) is 2.70. The Labute approximate surface area is 108 Å². The fourth-order valence-electron chi connectivity index (χ4n) is 1.45. The van der Waals surface area contributed by atoms with Crippen LogP contribution in [0.5, 0.6) is 5.75 Å². The predicted molar refractivity (Wildman–Crippen MR) is 72.4 cm³/mol. The number of hydrogen-bond acceptors (Lipinski definition) is 3. The zero-order valence-electron chi connectivity index (χ0n) is 10.7. The molecule has 1 aromatic carbocycles. The topological polar surface area (TPSA) is 64.4 Å². The van der Waals surface area contributed by atoms with Crippen LogP contribution in [0.3, 0.4) is 0 Å². The Kier molecular flexibility index (Phi) is 5.22. The molecule has 0 heterocycles. The van der Waals surface area contributed by atoms with Crippen molar-refractivity contribution in [1.29, 1.82) is 0 Å². The maximum Gasteiger partial charge on any atom is 0.242 e. The summed E-state index contributed by atoms with van der Waals surface area (Å²) in [6.45, 7) is 4.37. The van der Waals surface area contributed by atoms with Gasteiger partial charge in [0.25, 0.3) is 0 Å². The number of anilines is 1. The molecule has 0 bridgehead atoms. The largest absolute Gasteiger partial charge is 0.492 e. The zero-order chi connectivity index (χ0) is 13.5. The first-order chi connectivity index (χ1) is 8.58. The lowest BCUT2D eigenvalue weighted by Gasteiger charge is -2.14. The molecule has 1 rings (SSSR count). The minimum atomic E-state index is -0.703. The van der Waals surface area contributed by atoms with Gasteiger partial charge in [0.1, 0.15) is 5.75 Å². The number of aryl methyl sites for hydroxylation is 1. The summed E-state index contributed by atoms with van der Waals surface area (Å²) in [6.07, 6.45) is 5.33. The van der Waals surface area contributed by atoms with E-state index in [0.717, 1.165) is 5.56 Å². The Hall–Kier alpha value is -1.99. The molecule has 0 aromatic heterocycles. The molecule has 4 nitrogen and oxygen atoms in total. The van der Waals surface area contributed by atoms with Crippen LogP contribution in [0.2, 0.25) is 0 Å². The number of nitrogens with two attached hydrogens (primary N) is 1. The Morgan fingerprint density at radius 3 is 2.94 bits per heavy atom. The van der Waals surface area contributed by atoms with E-state index in [2.05, 4.69) is 11.2 Å². The minimum Gasteiger partial charge on any atom is -0.492 e. The third kappa shape index (κ3) is 3.79. The van der Waals surface area contributed by atoms with Gasteiger partial charge >= 0.3 is 0 Å². The van der Waals surface area contributed by atoms with Crippen molar-refractivity contribution in [3.05, 3.63) is 23.8 Å². The second-order valence-corrected chi connectivity index (χ2v) is 3.94. The standard InChI is InChI=1S/C14H18N2O2/c1-4-6-11(15)14(17)16-12-8-7-10(3)9-13(12)18-5-2/h1,7-9,11H,5-6,15H2,2-3H3,(H,16,17). The van der Waals surface area contributed by atoms with E-state index in [1.807, 2.05) is 26.0 Å². The predicted octanol–water partition coefficient (Wildman–Crippen LogP) is 1.68. The van der Waals surface area contributed by atoms with Crippen molar-refractivity contribution >= 4 is 11.6 Å². The van der Waals surface area contributed by atoms with Crippen molar-refractivity contribution in [3.8, 4) is 18.1 Å². The molecule has 0 aliphatic rings. The highest BCUT2D eigenvalue weighted by Gasteiger charge is 2.14. The van der Waals surface area contributed by atoms with Crippen molar-refractivity contribution in [2.24, 2.45) is 5.73 Å². The van der Waals surface area contributed by atoms with Gasteiger partial charge in [-0.3, -0.25) is 4.79 Å². The van der Waals surface area contributed by atoms with E-state index in [0.29, 0.717) is 18.0 Å². The van der Waals surface area contributed by atoms with Gasteiger partial charge < -0.3 is 15.8 Å². The first-order valence-corrected chi connectivity index (χ1v) is 5.81. The molecular formula is C14H18N2O2. The van der Waals surface area contributed by atoms with Gasteiger partial charge in [-0.1, -0.05) is 6.07 Å². The summed E-state index contributed by atoms with van der Waals surface area (Å²) in [5.41, 5.74) is 7.30. The van der Waals surface area contributed by atoms with Crippen LogP contribution in [0, 0.1) is 19.3 Å². The van der Waals surface area contributed by atoms with E-state index < -0.39 is 6.04 Å². The molecule has 0 radical (unpaired) electrons. The monoisotopic (exact) mass is 246 g/mol. The molecule has 4 heteroatoms. The second kappa shape index (κ2) is 6.67. The summed E-state index contributed by atoms with van der Waals surface area (Å²) in [5, 5.41) is 2.72. The molecule has 96 valence electrons. The fourth-order valence-corrected chi connectivity index (χ4v) is 1.45. The maximum atomic E-state index is 11.8. The lowest BCUT2D eigenvalue weighted by atomic mass is 10.2. The quantitative estimate of drug-likeness (QED) is 0.777. The molecule has 0 fully saturated rings. The molecule has 0 aliphatic heterocycles. The smallest absolute Gasteiger partial charge is 0.242 e. The molecule has 1 unspecified atom stereocenters. The van der Waals surface area contributed by atoms with E-state index >= 15 is 0 Å². The highest BCUT2D eigenvalue weighted by Crippen LogP contribution is 2.25. The molecule has 18 heavy (non-hydrogen) atoms. The van der Waals surface area contributed by atoms with Crippen LogP contribution in [0.25, 0.3) is 0 Å². The van der Waals surface area contributed by atoms with E-state index in [4.69, 9.17) is 16.9 Å². The third-order valence-electron chi connectivity index (χ3n) is 2.37. The average Bonchev–Trinajstić information content (AvgIpc) is 2.33. The summed E-state index contributed by atoms with van der Waals surface area (Å²) in [7, 11) is 0. The van der Waals surface area contributed by atoms with E-state index in [1.165, 1.54) is 0 Å². The van der Waals surface area contributed by atoms with Gasteiger partial charge in [-0.15, -0.1) is 12.3 Å². The van der Waals surface area contributed by atoms with E-state index in [9.17, 15) is 4.79 Å². The lowest BCUT2D eigenvalue weighted by molar-refractivity contribution is -0.117. The van der Waals surface area contributed by atoms with Crippen LogP contribution in [-0.2, 0) is 4.79 Å². The SMILES string of the molecule is C#CCC(N)C(=O)Nc1ccc(C)cc1OCC. The molecule has 0 saturated carbocycles. The van der Waals surface area contributed by atoms with Gasteiger partial charge in [-0.05, 0) is 31.5 Å². The minimum absolute atomic E-state index is 0.210. The number of carbonyl (C=O) groups excluding carboxylic acids is 1. The number of ether oxygens (including phenoxy) is 1. The number of amides is 1. The Balaban J connectivity index is 2.83. The molecule has 1 amide bonds. The molecule has 1 aromatic rings. The lowest BCUT2D eigenvalue weighted by Crippen LogP contribution is -2.35. The van der Waals surface area contributed by atoms with Crippen molar-refractivity contribution in [2.45, 2.75) is 26.3 Å².